The van der Waals surface area contributed by atoms with Crippen molar-refractivity contribution in [3.63, 3.8) is 0 Å². The summed E-state index contributed by atoms with van der Waals surface area (Å²) in [4.78, 5) is 14.3. The molecule has 0 aliphatic carbocycles. The molecule has 122 valence electrons. The van der Waals surface area contributed by atoms with Crippen molar-refractivity contribution in [2.24, 2.45) is 5.92 Å². The predicted molar refractivity (Wildman–Crippen MR) is 95.9 cm³/mol. The number of carbonyl (C=O) groups is 1. The molecule has 1 amide bonds. The van der Waals surface area contributed by atoms with Crippen molar-refractivity contribution in [2.75, 3.05) is 32.4 Å². The highest BCUT2D eigenvalue weighted by molar-refractivity contribution is 7.98. The summed E-state index contributed by atoms with van der Waals surface area (Å²) in [5.74, 6) is 2.05. The molecule has 2 rings (SSSR count). The number of piperidine rings is 1. The number of hydrogen-bond donors (Lipinski definition) is 1. The third-order valence-corrected chi connectivity index (χ3v) is 5.41. The first-order valence-electron chi connectivity index (χ1n) is 7.54. The van der Waals surface area contributed by atoms with Crippen LogP contribution in [0.2, 0.25) is 10.0 Å². The quantitative estimate of drug-likeness (QED) is 0.785. The van der Waals surface area contributed by atoms with Crippen LogP contribution in [-0.4, -0.2) is 43.2 Å². The Bertz CT molecular complexity index is 513. The zero-order valence-corrected chi connectivity index (χ0v) is 15.1. The Kier molecular flexibility index (Phi) is 7.35. The Morgan fingerprint density at radius 1 is 1.45 bits per heavy atom. The van der Waals surface area contributed by atoms with Gasteiger partial charge in [0.2, 0.25) is 5.91 Å². The smallest absolute Gasteiger partial charge is 0.224 e. The molecular weight excluding hydrogens is 339 g/mol. The lowest BCUT2D eigenvalue weighted by Crippen LogP contribution is -2.41. The van der Waals surface area contributed by atoms with E-state index in [2.05, 4.69) is 17.3 Å². The Hall–Kier alpha value is -0.420. The van der Waals surface area contributed by atoms with Crippen molar-refractivity contribution in [3.05, 3.63) is 33.8 Å². The van der Waals surface area contributed by atoms with E-state index < -0.39 is 0 Å². The van der Waals surface area contributed by atoms with Crippen molar-refractivity contribution in [2.45, 2.75) is 18.6 Å². The first-order valence-corrected chi connectivity index (χ1v) is 9.45. The Morgan fingerprint density at radius 2 is 2.27 bits per heavy atom. The number of benzene rings is 1. The second-order valence-electron chi connectivity index (χ2n) is 5.68. The average molecular weight is 361 g/mol. The number of nitrogens with one attached hydrogen (secondary N) is 1. The highest BCUT2D eigenvalue weighted by atomic mass is 35.5. The molecule has 0 unspecified atom stereocenters. The fourth-order valence-corrected chi connectivity index (χ4v) is 4.01. The maximum absolute atomic E-state index is 12.1. The first-order chi connectivity index (χ1) is 10.6. The molecule has 1 atom stereocenters. The molecule has 0 bridgehead atoms. The molecule has 0 radical (unpaired) electrons. The van der Waals surface area contributed by atoms with E-state index in [4.69, 9.17) is 23.2 Å². The molecule has 3 nitrogen and oxygen atoms in total. The number of nitrogens with zero attached hydrogens (tertiary/aromatic N) is 1. The van der Waals surface area contributed by atoms with E-state index in [0.29, 0.717) is 16.6 Å². The van der Waals surface area contributed by atoms with E-state index >= 15 is 0 Å². The number of thioether (sulfide) groups is 1. The van der Waals surface area contributed by atoms with Gasteiger partial charge < -0.3 is 10.2 Å². The van der Waals surface area contributed by atoms with Crippen molar-refractivity contribution in [3.8, 4) is 0 Å². The van der Waals surface area contributed by atoms with Crippen LogP contribution in [0.1, 0.15) is 18.4 Å². The van der Waals surface area contributed by atoms with E-state index in [1.165, 1.54) is 0 Å². The number of likely N-dealkylation sites (tertiary alicyclic amines) is 1. The molecule has 1 saturated heterocycles. The van der Waals surface area contributed by atoms with Crippen LogP contribution in [0.15, 0.2) is 18.2 Å². The van der Waals surface area contributed by atoms with E-state index in [0.717, 1.165) is 43.0 Å². The minimum Gasteiger partial charge on any atom is -0.355 e. The third kappa shape index (κ3) is 5.65. The Labute approximate surface area is 146 Å². The number of rotatable bonds is 6. The molecule has 1 N–H and O–H groups in total. The van der Waals surface area contributed by atoms with Crippen LogP contribution in [0.5, 0.6) is 0 Å². The van der Waals surface area contributed by atoms with Gasteiger partial charge in [0.1, 0.15) is 0 Å². The van der Waals surface area contributed by atoms with Crippen LogP contribution < -0.4 is 5.32 Å². The molecule has 22 heavy (non-hydrogen) atoms. The maximum atomic E-state index is 12.1. The molecule has 6 heteroatoms. The zero-order valence-electron chi connectivity index (χ0n) is 12.8. The van der Waals surface area contributed by atoms with Crippen molar-refractivity contribution < 1.29 is 4.79 Å². The second-order valence-corrected chi connectivity index (χ2v) is 7.63. The van der Waals surface area contributed by atoms with Gasteiger partial charge in [0.15, 0.2) is 0 Å². The number of carbonyl (C=O) groups excluding carboxylic acids is 1. The van der Waals surface area contributed by atoms with Gasteiger partial charge in [0, 0.05) is 34.6 Å². The molecule has 0 spiro atoms. The Morgan fingerprint density at radius 3 is 3.00 bits per heavy atom. The minimum atomic E-state index is 0.148. The highest BCUT2D eigenvalue weighted by Crippen LogP contribution is 2.24. The van der Waals surface area contributed by atoms with Crippen LogP contribution in [0.3, 0.4) is 0 Å². The lowest BCUT2D eigenvalue weighted by Gasteiger charge is -2.28. The minimum absolute atomic E-state index is 0.148. The van der Waals surface area contributed by atoms with Crippen molar-refractivity contribution in [1.82, 2.24) is 10.2 Å². The molecule has 1 heterocycles. The van der Waals surface area contributed by atoms with E-state index in [1.54, 1.807) is 17.8 Å². The summed E-state index contributed by atoms with van der Waals surface area (Å²) in [5, 5.41) is 4.40. The van der Waals surface area contributed by atoms with Gasteiger partial charge in [-0.15, -0.1) is 0 Å². The van der Waals surface area contributed by atoms with Crippen LogP contribution >= 0.6 is 35.0 Å². The summed E-state index contributed by atoms with van der Waals surface area (Å²) >= 11 is 13.8. The third-order valence-electron chi connectivity index (χ3n) is 3.81. The second kappa shape index (κ2) is 9.02. The van der Waals surface area contributed by atoms with Gasteiger partial charge in [-0.05, 0) is 44.1 Å². The van der Waals surface area contributed by atoms with Gasteiger partial charge in [-0.2, -0.15) is 11.8 Å². The topological polar surface area (TPSA) is 32.3 Å². The molecule has 0 saturated carbocycles. The van der Waals surface area contributed by atoms with E-state index in [1.807, 2.05) is 12.1 Å². The molecule has 1 fully saturated rings. The van der Waals surface area contributed by atoms with Gasteiger partial charge in [-0.1, -0.05) is 29.3 Å². The Balaban J connectivity index is 1.63. The van der Waals surface area contributed by atoms with Gasteiger partial charge in [0.25, 0.3) is 0 Å². The monoisotopic (exact) mass is 360 g/mol. The lowest BCUT2D eigenvalue weighted by atomic mass is 9.98. The largest absolute Gasteiger partial charge is 0.355 e. The van der Waals surface area contributed by atoms with Crippen LogP contribution in [0.25, 0.3) is 0 Å². The van der Waals surface area contributed by atoms with Crippen LogP contribution in [0.4, 0.5) is 0 Å². The first kappa shape index (κ1) is 17.9. The highest BCUT2D eigenvalue weighted by Gasteiger charge is 2.23. The van der Waals surface area contributed by atoms with Crippen molar-refractivity contribution >= 4 is 40.9 Å². The average Bonchev–Trinajstić information content (AvgIpc) is 2.48. The molecule has 1 aromatic carbocycles. The summed E-state index contributed by atoms with van der Waals surface area (Å²) < 4.78 is 0. The zero-order chi connectivity index (χ0) is 15.9. The van der Waals surface area contributed by atoms with Crippen molar-refractivity contribution in [1.29, 1.82) is 0 Å². The summed E-state index contributed by atoms with van der Waals surface area (Å²) in [6, 6.07) is 5.57. The summed E-state index contributed by atoms with van der Waals surface area (Å²) in [7, 11) is 2.07. The number of hydrogen-bond acceptors (Lipinski definition) is 3. The van der Waals surface area contributed by atoms with E-state index in [9.17, 15) is 4.79 Å². The maximum Gasteiger partial charge on any atom is 0.224 e. The number of halogens is 2. The summed E-state index contributed by atoms with van der Waals surface area (Å²) in [6.45, 7) is 2.68. The molecule has 1 aromatic rings. The SMILES string of the molecule is CN1CCC[C@@H](C(=O)NCCSCc2ccc(Cl)cc2Cl)C1. The molecule has 1 aliphatic heterocycles. The normalized spacial score (nSPS) is 19.1. The standard InChI is InChI=1S/C16H22Cl2N2OS/c1-20-7-2-3-12(10-20)16(21)19-6-8-22-11-13-4-5-14(17)9-15(13)18/h4-5,9,12H,2-3,6-8,10-11H2,1H3,(H,19,21)/t12-/m1/s1. The molecule has 1 aliphatic rings. The lowest BCUT2D eigenvalue weighted by molar-refractivity contribution is -0.126. The van der Waals surface area contributed by atoms with Gasteiger partial charge in [-0.3, -0.25) is 4.79 Å². The van der Waals surface area contributed by atoms with Gasteiger partial charge in [0.05, 0.1) is 5.92 Å². The van der Waals surface area contributed by atoms with Gasteiger partial charge in [-0.25, -0.2) is 0 Å². The van der Waals surface area contributed by atoms with Gasteiger partial charge >= 0.3 is 0 Å². The summed E-state index contributed by atoms with van der Waals surface area (Å²) in [5.41, 5.74) is 1.08. The predicted octanol–water partition coefficient (Wildman–Crippen LogP) is 3.68. The number of amides is 1. The molecule has 0 aromatic heterocycles. The van der Waals surface area contributed by atoms with Crippen LogP contribution in [0, 0.1) is 5.92 Å². The summed E-state index contributed by atoms with van der Waals surface area (Å²) in [6.07, 6.45) is 2.11. The molecular formula is C16H22Cl2N2OS. The van der Waals surface area contributed by atoms with Crippen LogP contribution in [-0.2, 0) is 10.5 Å². The van der Waals surface area contributed by atoms with E-state index in [-0.39, 0.29) is 11.8 Å². The fourth-order valence-electron chi connectivity index (χ4n) is 2.59. The fraction of sp³-hybridized carbons (Fsp3) is 0.562.